The second kappa shape index (κ2) is 7.53. The molecule has 1 aromatic rings. The van der Waals surface area contributed by atoms with Gasteiger partial charge in [-0.2, -0.15) is 0 Å². The molecule has 0 aliphatic heterocycles. The van der Waals surface area contributed by atoms with Crippen molar-refractivity contribution in [3.05, 3.63) is 28.2 Å². The molecule has 1 amide bonds. The largest absolute Gasteiger partial charge is 0.493 e. The molecule has 0 radical (unpaired) electrons. The number of amides is 1. The van der Waals surface area contributed by atoms with E-state index in [9.17, 15) is 4.79 Å². The summed E-state index contributed by atoms with van der Waals surface area (Å²) in [4.78, 5) is 11.5. The van der Waals surface area contributed by atoms with E-state index in [0.29, 0.717) is 18.9 Å². The fraction of sp³-hybridized carbons (Fsp3) is 0.533. The maximum atomic E-state index is 11.5. The van der Waals surface area contributed by atoms with Gasteiger partial charge in [-0.05, 0) is 43.5 Å². The maximum Gasteiger partial charge on any atom is 0.223 e. The molecule has 1 N–H and O–H groups in total. The topological polar surface area (TPSA) is 38.3 Å². The van der Waals surface area contributed by atoms with Crippen LogP contribution in [0.25, 0.3) is 0 Å². The molecule has 0 unspecified atom stereocenters. The van der Waals surface area contributed by atoms with Crippen molar-refractivity contribution in [2.45, 2.75) is 46.1 Å². The van der Waals surface area contributed by atoms with Crippen LogP contribution in [0.15, 0.2) is 22.7 Å². The van der Waals surface area contributed by atoms with Gasteiger partial charge in [0.25, 0.3) is 0 Å². The molecule has 4 heteroatoms. The van der Waals surface area contributed by atoms with Gasteiger partial charge >= 0.3 is 0 Å². The summed E-state index contributed by atoms with van der Waals surface area (Å²) in [6.45, 7) is 8.55. The van der Waals surface area contributed by atoms with Gasteiger partial charge < -0.3 is 10.1 Å². The van der Waals surface area contributed by atoms with Gasteiger partial charge in [0.15, 0.2) is 0 Å². The average molecular weight is 328 g/mol. The molecule has 0 saturated carbocycles. The monoisotopic (exact) mass is 327 g/mol. The van der Waals surface area contributed by atoms with Gasteiger partial charge in [-0.15, -0.1) is 0 Å². The first-order chi connectivity index (χ1) is 8.90. The highest BCUT2D eigenvalue weighted by atomic mass is 79.9. The minimum Gasteiger partial charge on any atom is -0.493 e. The number of hydrogen-bond acceptors (Lipinski definition) is 2. The fourth-order valence-corrected chi connectivity index (χ4v) is 2.13. The van der Waals surface area contributed by atoms with Crippen LogP contribution in [0.2, 0.25) is 0 Å². The molecule has 19 heavy (non-hydrogen) atoms. The van der Waals surface area contributed by atoms with Crippen molar-refractivity contribution in [3.8, 4) is 5.75 Å². The second-order valence-electron chi connectivity index (χ2n) is 5.16. The summed E-state index contributed by atoms with van der Waals surface area (Å²) in [5.41, 5.74) is 1.15. The zero-order valence-corrected chi connectivity index (χ0v) is 13.6. The van der Waals surface area contributed by atoms with Gasteiger partial charge in [-0.25, -0.2) is 0 Å². The van der Waals surface area contributed by atoms with E-state index in [4.69, 9.17) is 4.74 Å². The number of carbonyl (C=O) groups is 1. The molecule has 0 spiro atoms. The Kier molecular flexibility index (Phi) is 6.35. The highest BCUT2D eigenvalue weighted by Crippen LogP contribution is 2.29. The molecule has 1 aromatic carbocycles. The Hall–Kier alpha value is -1.03. The minimum atomic E-state index is 0.0261. The van der Waals surface area contributed by atoms with Crippen molar-refractivity contribution in [2.24, 2.45) is 0 Å². The lowest BCUT2D eigenvalue weighted by Crippen LogP contribution is -2.31. The van der Waals surface area contributed by atoms with Gasteiger partial charge in [-0.3, -0.25) is 4.79 Å². The lowest BCUT2D eigenvalue weighted by Gasteiger charge is -2.15. The third-order valence-corrected chi connectivity index (χ3v) is 3.12. The van der Waals surface area contributed by atoms with Crippen LogP contribution in [0, 0.1) is 0 Å². The summed E-state index contributed by atoms with van der Waals surface area (Å²) in [6.07, 6.45) is 0.381. The van der Waals surface area contributed by atoms with Crippen LogP contribution in [-0.4, -0.2) is 18.6 Å². The quantitative estimate of drug-likeness (QED) is 0.861. The van der Waals surface area contributed by atoms with Crippen molar-refractivity contribution >= 4 is 21.8 Å². The SMILES string of the molecule is CC(C)NC(=O)CCOc1ccc(Br)cc1C(C)C. The number of benzene rings is 1. The van der Waals surface area contributed by atoms with E-state index in [2.05, 4.69) is 41.2 Å². The molecule has 0 aliphatic carbocycles. The van der Waals surface area contributed by atoms with Gasteiger partial charge in [0, 0.05) is 10.5 Å². The molecule has 0 saturated heterocycles. The van der Waals surface area contributed by atoms with Crippen LogP contribution >= 0.6 is 15.9 Å². The molecule has 3 nitrogen and oxygen atoms in total. The van der Waals surface area contributed by atoms with E-state index >= 15 is 0 Å². The molecule has 0 atom stereocenters. The molecule has 0 aliphatic rings. The van der Waals surface area contributed by atoms with Crippen molar-refractivity contribution in [2.75, 3.05) is 6.61 Å². The summed E-state index contributed by atoms with van der Waals surface area (Å²) < 4.78 is 6.77. The van der Waals surface area contributed by atoms with E-state index in [-0.39, 0.29) is 11.9 Å². The highest BCUT2D eigenvalue weighted by molar-refractivity contribution is 9.10. The van der Waals surface area contributed by atoms with E-state index < -0.39 is 0 Å². The van der Waals surface area contributed by atoms with Gasteiger partial charge in [0.2, 0.25) is 5.91 Å². The summed E-state index contributed by atoms with van der Waals surface area (Å²) in [5.74, 6) is 1.27. The number of ether oxygens (including phenoxy) is 1. The average Bonchev–Trinajstić information content (AvgIpc) is 2.29. The Morgan fingerprint density at radius 3 is 2.58 bits per heavy atom. The van der Waals surface area contributed by atoms with E-state index in [0.717, 1.165) is 15.8 Å². The lowest BCUT2D eigenvalue weighted by atomic mass is 10.0. The standard InChI is InChI=1S/C15H22BrNO2/c1-10(2)13-9-12(16)5-6-14(13)19-8-7-15(18)17-11(3)4/h5-6,9-11H,7-8H2,1-4H3,(H,17,18). The maximum absolute atomic E-state index is 11.5. The molecule has 106 valence electrons. The lowest BCUT2D eigenvalue weighted by molar-refractivity contribution is -0.122. The minimum absolute atomic E-state index is 0.0261. The zero-order chi connectivity index (χ0) is 14.4. The van der Waals surface area contributed by atoms with Crippen molar-refractivity contribution in [1.82, 2.24) is 5.32 Å². The second-order valence-corrected chi connectivity index (χ2v) is 6.07. The Balaban J connectivity index is 2.56. The molecular weight excluding hydrogens is 306 g/mol. The summed E-state index contributed by atoms with van der Waals surface area (Å²) >= 11 is 3.46. The Bertz CT molecular complexity index is 430. The van der Waals surface area contributed by atoms with Crippen molar-refractivity contribution < 1.29 is 9.53 Å². The van der Waals surface area contributed by atoms with Crippen LogP contribution in [0.3, 0.4) is 0 Å². The smallest absolute Gasteiger partial charge is 0.223 e. The summed E-state index contributed by atoms with van der Waals surface area (Å²) in [6, 6.07) is 6.13. The first-order valence-electron chi connectivity index (χ1n) is 6.61. The number of rotatable bonds is 6. The van der Waals surface area contributed by atoms with Crippen LogP contribution in [0.5, 0.6) is 5.75 Å². The molecule has 0 bridgehead atoms. The van der Waals surface area contributed by atoms with Crippen LogP contribution in [0.4, 0.5) is 0 Å². The first-order valence-corrected chi connectivity index (χ1v) is 7.41. The molecule has 0 aromatic heterocycles. The predicted molar refractivity (Wildman–Crippen MR) is 81.6 cm³/mol. The normalized spacial score (nSPS) is 10.9. The molecule has 0 fully saturated rings. The zero-order valence-electron chi connectivity index (χ0n) is 12.0. The summed E-state index contributed by atoms with van der Waals surface area (Å²) in [5, 5.41) is 2.85. The van der Waals surface area contributed by atoms with Crippen LogP contribution in [-0.2, 0) is 4.79 Å². The first kappa shape index (κ1) is 16.0. The molecular formula is C15H22BrNO2. The number of hydrogen-bond donors (Lipinski definition) is 1. The molecule has 1 rings (SSSR count). The number of carbonyl (C=O) groups excluding carboxylic acids is 1. The van der Waals surface area contributed by atoms with E-state index in [1.807, 2.05) is 26.0 Å². The fourth-order valence-electron chi connectivity index (χ4n) is 1.75. The Morgan fingerprint density at radius 2 is 2.00 bits per heavy atom. The van der Waals surface area contributed by atoms with Crippen molar-refractivity contribution in [1.29, 1.82) is 0 Å². The van der Waals surface area contributed by atoms with Crippen molar-refractivity contribution in [3.63, 3.8) is 0 Å². The summed E-state index contributed by atoms with van der Waals surface area (Å²) in [7, 11) is 0. The Labute approximate surface area is 123 Å². The Morgan fingerprint density at radius 1 is 1.32 bits per heavy atom. The third-order valence-electron chi connectivity index (χ3n) is 2.63. The predicted octanol–water partition coefficient (Wildman–Crippen LogP) is 3.87. The number of halogens is 1. The van der Waals surface area contributed by atoms with Gasteiger partial charge in [0.1, 0.15) is 5.75 Å². The molecule has 0 heterocycles. The van der Waals surface area contributed by atoms with Gasteiger partial charge in [0.05, 0.1) is 13.0 Å². The third kappa shape index (κ3) is 5.64. The number of nitrogens with one attached hydrogen (secondary N) is 1. The van der Waals surface area contributed by atoms with E-state index in [1.54, 1.807) is 0 Å². The van der Waals surface area contributed by atoms with Crippen LogP contribution in [0.1, 0.15) is 45.6 Å². The van der Waals surface area contributed by atoms with Crippen LogP contribution < -0.4 is 10.1 Å². The highest BCUT2D eigenvalue weighted by Gasteiger charge is 2.09. The van der Waals surface area contributed by atoms with E-state index in [1.165, 1.54) is 0 Å². The van der Waals surface area contributed by atoms with Gasteiger partial charge in [-0.1, -0.05) is 29.8 Å².